The summed E-state index contributed by atoms with van der Waals surface area (Å²) in [5, 5.41) is 58.1. The normalized spacial score (nSPS) is 20.0. The van der Waals surface area contributed by atoms with E-state index in [-0.39, 0.29) is 23.6 Å². The van der Waals surface area contributed by atoms with Gasteiger partial charge in [0, 0.05) is 72.2 Å². The molecule has 11 rings (SSSR count). The van der Waals surface area contributed by atoms with Crippen LogP contribution in [0.3, 0.4) is 0 Å². The maximum atomic E-state index is 12.3. The number of carbonyl (C=O) groups excluding carboxylic acids is 4. The fraction of sp³-hybridized carbons (Fsp3) is 0.515. The summed E-state index contributed by atoms with van der Waals surface area (Å²) in [6, 6.07) is 30.8. The molecule has 4 saturated carbocycles. The summed E-state index contributed by atoms with van der Waals surface area (Å²) in [6.07, 6.45) is 14.8. The van der Waals surface area contributed by atoms with Crippen molar-refractivity contribution in [2.45, 2.75) is 132 Å². The minimum atomic E-state index is -0.0489. The molecule has 0 bridgehead atoms. The zero-order valence-corrected chi connectivity index (χ0v) is 52.4. The molecule has 4 unspecified atom stereocenters. The average Bonchev–Trinajstić information content (AvgIpc) is 3.77. The molecule has 5 N–H and O–H groups in total. The number of aryl methyl sites for hydroxylation is 2. The largest absolute Gasteiger partial charge is 0.352 e. The van der Waals surface area contributed by atoms with Crippen LogP contribution in [0.2, 0.25) is 0 Å². The van der Waals surface area contributed by atoms with Gasteiger partial charge in [0.25, 0.3) is 23.6 Å². The molecule has 0 spiro atoms. The molecule has 87 heavy (non-hydrogen) atoms. The Labute approximate surface area is 511 Å². The molecule has 0 saturated heterocycles. The van der Waals surface area contributed by atoms with Gasteiger partial charge < -0.3 is 21.3 Å². The van der Waals surface area contributed by atoms with Gasteiger partial charge in [-0.3, -0.25) is 19.2 Å². The fourth-order valence-electron chi connectivity index (χ4n) is 12.5. The van der Waals surface area contributed by atoms with Crippen LogP contribution < -0.4 is 21.3 Å². The van der Waals surface area contributed by atoms with Crippen molar-refractivity contribution in [1.82, 2.24) is 82.3 Å². The van der Waals surface area contributed by atoms with E-state index in [2.05, 4.69) is 128 Å². The third kappa shape index (κ3) is 17.3. The monoisotopic (exact) mass is 1180 g/mol. The number of benzene rings is 4. The molecule has 4 atom stereocenters. The van der Waals surface area contributed by atoms with Crippen molar-refractivity contribution in [2.75, 3.05) is 26.2 Å². The first-order valence-electron chi connectivity index (χ1n) is 30.7. The number of aromatic nitrogens is 12. The van der Waals surface area contributed by atoms with Crippen LogP contribution in [0.25, 0.3) is 34.2 Å². The molecule has 0 radical (unpaired) electrons. The number of rotatable bonds is 15. The van der Waals surface area contributed by atoms with Crippen molar-refractivity contribution in [3.05, 3.63) is 125 Å². The van der Waals surface area contributed by atoms with Gasteiger partial charge in [-0.05, 0) is 178 Å². The highest BCUT2D eigenvalue weighted by atomic mass is 16.2. The van der Waals surface area contributed by atoms with Crippen molar-refractivity contribution in [2.24, 2.45) is 59.4 Å². The predicted molar refractivity (Wildman–Crippen MR) is 333 cm³/mol. The van der Waals surface area contributed by atoms with Gasteiger partial charge in [-0.1, -0.05) is 117 Å². The number of nitriles is 1. The van der Waals surface area contributed by atoms with Crippen LogP contribution in [0.15, 0.2) is 97.1 Å². The second kappa shape index (κ2) is 28.8. The second-order valence-corrected chi connectivity index (χ2v) is 26.5. The smallest absolute Gasteiger partial charge is 0.251 e. The van der Waals surface area contributed by atoms with Crippen LogP contribution >= 0.6 is 0 Å². The third-order valence-corrected chi connectivity index (χ3v) is 18.9. The lowest BCUT2D eigenvalue weighted by molar-refractivity contribution is 0.0928. The summed E-state index contributed by atoms with van der Waals surface area (Å²) in [4.78, 5) is 50.3. The van der Waals surface area contributed by atoms with E-state index in [4.69, 9.17) is 5.26 Å². The second-order valence-electron chi connectivity index (χ2n) is 26.5. The minimum absolute atomic E-state index is 0.0182. The molecular weight excluding hydrogens is 1090 g/mol. The molecule has 21 heteroatoms. The number of amides is 4. The van der Waals surface area contributed by atoms with Crippen molar-refractivity contribution < 1.29 is 19.2 Å². The molecule has 460 valence electrons. The highest BCUT2D eigenvalue weighted by molar-refractivity contribution is 5.96. The van der Waals surface area contributed by atoms with Gasteiger partial charge in [-0.25, -0.2) is 4.68 Å². The molecule has 0 aliphatic heterocycles. The summed E-state index contributed by atoms with van der Waals surface area (Å²) in [6.45, 7) is 21.3. The van der Waals surface area contributed by atoms with Crippen molar-refractivity contribution in [1.29, 1.82) is 5.26 Å². The number of carbonyl (C=O) groups is 4. The lowest BCUT2D eigenvalue weighted by Gasteiger charge is -2.27. The number of H-pyrrole nitrogens is 1. The first-order chi connectivity index (χ1) is 41.5. The summed E-state index contributed by atoms with van der Waals surface area (Å²) in [5.41, 5.74) is 7.08. The topological polar surface area (TPSA) is 282 Å². The minimum Gasteiger partial charge on any atom is -0.352 e. The SMILES string of the molecule is CC1(C)CCCC1CNC(=O)c1ccc(-c2nn[nH]n2)cc1.CC1(C)CCCC1CNC(=O)c1ccc(C#N)cc1.Cn1nnc(-c2ccc(C(=O)NCC3CCCC3(C)C)cc2)n1.Cn1nnnc1-c1ccc(C(=O)NCC2CCCC2(C)C)cc1. The van der Waals surface area contributed by atoms with E-state index in [1.165, 1.54) is 81.8 Å². The number of nitrogens with one attached hydrogen (secondary N) is 5. The Morgan fingerprint density at radius 1 is 0.494 bits per heavy atom. The zero-order valence-electron chi connectivity index (χ0n) is 52.4. The first-order valence-corrected chi connectivity index (χ1v) is 30.7. The molecule has 4 aromatic carbocycles. The van der Waals surface area contributed by atoms with Gasteiger partial charge in [0.15, 0.2) is 5.82 Å². The van der Waals surface area contributed by atoms with Crippen LogP contribution in [0.5, 0.6) is 0 Å². The van der Waals surface area contributed by atoms with Gasteiger partial charge >= 0.3 is 0 Å². The van der Waals surface area contributed by atoms with E-state index in [1.807, 2.05) is 54.6 Å². The lowest BCUT2D eigenvalue weighted by atomic mass is 9.82. The molecule has 3 heterocycles. The van der Waals surface area contributed by atoms with Crippen molar-refractivity contribution in [3.63, 3.8) is 0 Å². The zero-order chi connectivity index (χ0) is 62.4. The highest BCUT2D eigenvalue weighted by Gasteiger charge is 2.37. The number of hydrogen-bond donors (Lipinski definition) is 5. The van der Waals surface area contributed by atoms with Crippen LogP contribution in [0, 0.1) is 56.7 Å². The number of nitrogens with zero attached hydrogens (tertiary/aromatic N) is 12. The highest BCUT2D eigenvalue weighted by Crippen LogP contribution is 2.44. The van der Waals surface area contributed by atoms with Crippen LogP contribution in [0.1, 0.15) is 179 Å². The van der Waals surface area contributed by atoms with E-state index >= 15 is 0 Å². The maximum absolute atomic E-state index is 12.3. The van der Waals surface area contributed by atoms with Crippen LogP contribution in [0.4, 0.5) is 0 Å². The molecule has 4 amide bonds. The first kappa shape index (κ1) is 64.5. The third-order valence-electron chi connectivity index (χ3n) is 18.9. The van der Waals surface area contributed by atoms with Gasteiger partial charge in [0.2, 0.25) is 11.6 Å². The molecular formula is C66H87N17O4. The molecule has 4 aliphatic carbocycles. The lowest BCUT2D eigenvalue weighted by Crippen LogP contribution is -2.33. The van der Waals surface area contributed by atoms with Gasteiger partial charge in [0.05, 0.1) is 18.7 Å². The van der Waals surface area contributed by atoms with Crippen molar-refractivity contribution in [3.8, 4) is 40.2 Å². The van der Waals surface area contributed by atoms with Gasteiger partial charge in [-0.15, -0.1) is 25.5 Å². The maximum Gasteiger partial charge on any atom is 0.251 e. The summed E-state index contributed by atoms with van der Waals surface area (Å²) >= 11 is 0. The quantitative estimate of drug-likeness (QED) is 0.0639. The van der Waals surface area contributed by atoms with Gasteiger partial charge in [-0.2, -0.15) is 15.3 Å². The Morgan fingerprint density at radius 2 is 0.851 bits per heavy atom. The van der Waals surface area contributed by atoms with E-state index in [1.54, 1.807) is 67.3 Å². The van der Waals surface area contributed by atoms with E-state index in [9.17, 15) is 19.2 Å². The van der Waals surface area contributed by atoms with Gasteiger partial charge in [0.1, 0.15) is 0 Å². The Morgan fingerprint density at radius 3 is 1.14 bits per heavy atom. The Balaban J connectivity index is 0.000000151. The Kier molecular flexibility index (Phi) is 21.3. The van der Waals surface area contributed by atoms with E-state index in [0.717, 1.165) is 42.9 Å². The van der Waals surface area contributed by atoms with E-state index in [0.29, 0.717) is 90.6 Å². The fourth-order valence-corrected chi connectivity index (χ4v) is 12.5. The molecule has 21 nitrogen and oxygen atoms in total. The predicted octanol–water partition coefficient (Wildman–Crippen LogP) is 10.4. The molecule has 4 aliphatic rings. The summed E-state index contributed by atoms with van der Waals surface area (Å²) in [7, 11) is 3.52. The number of tetrazole rings is 3. The average molecular weight is 1180 g/mol. The Hall–Kier alpha value is -8.54. The van der Waals surface area contributed by atoms with E-state index < -0.39 is 0 Å². The molecule has 3 aromatic heterocycles. The summed E-state index contributed by atoms with van der Waals surface area (Å²) < 4.78 is 1.61. The molecule has 4 fully saturated rings. The standard InChI is InChI=1S/2C17H23N5O.C16H21N5O.C16H20N2O/c1-17(2)10-4-5-14(17)11-18-16(23)13-8-6-12(7-9-13)15-19-20-21-22(15)3;1-17(2)10-4-5-14(17)11-18-16(23)13-8-6-12(7-9-13)15-19-21-22(3)20-15;1-16(2)9-3-4-13(16)10-17-15(22)12-7-5-11(6-8-12)14-18-20-21-19-14;1-16(2)9-3-4-14(16)11-18-15(19)13-7-5-12(10-17)6-8-13/h2*6-9,14H,4-5,10-11H2,1-3H3,(H,18,23);5-8,13H,3-4,9-10H2,1-2H3,(H,17,22)(H,18,19,20,21);5-8,14H,3-4,9,11H2,1-2H3,(H,18,19). The summed E-state index contributed by atoms with van der Waals surface area (Å²) in [5.74, 6) is 3.92. The number of hydrogen-bond acceptors (Lipinski definition) is 14. The number of aromatic amines is 1. The molecule has 7 aromatic rings. The Bertz CT molecular complexity index is 3420. The van der Waals surface area contributed by atoms with Crippen LogP contribution in [-0.2, 0) is 14.1 Å². The van der Waals surface area contributed by atoms with Crippen molar-refractivity contribution >= 4 is 23.6 Å². The van der Waals surface area contributed by atoms with Crippen LogP contribution in [-0.4, -0.2) is 111 Å².